The summed E-state index contributed by atoms with van der Waals surface area (Å²) in [5.74, 6) is 0.387. The van der Waals surface area contributed by atoms with Gasteiger partial charge in [0.2, 0.25) is 0 Å². The number of carboxylic acid groups (broad SMARTS) is 1. The summed E-state index contributed by atoms with van der Waals surface area (Å²) in [6.07, 6.45) is 7.83. The lowest BCUT2D eigenvalue weighted by atomic mass is 9.71. The van der Waals surface area contributed by atoms with Crippen molar-refractivity contribution in [1.82, 2.24) is 4.90 Å². The van der Waals surface area contributed by atoms with E-state index in [1.54, 1.807) is 0 Å². The molecule has 1 saturated carbocycles. The second kappa shape index (κ2) is 10.3. The van der Waals surface area contributed by atoms with Crippen LogP contribution in [0.15, 0.2) is 54.1 Å². The first kappa shape index (κ1) is 23.8. The van der Waals surface area contributed by atoms with Gasteiger partial charge in [-0.3, -0.25) is 4.79 Å². The van der Waals surface area contributed by atoms with E-state index in [9.17, 15) is 9.90 Å². The van der Waals surface area contributed by atoms with Crippen LogP contribution < -0.4 is 4.74 Å². The molecular weight excluding hydrogens is 434 g/mol. The molecule has 2 aliphatic heterocycles. The number of aliphatic carboxylic acids is 1. The van der Waals surface area contributed by atoms with Gasteiger partial charge in [0.25, 0.3) is 0 Å². The summed E-state index contributed by atoms with van der Waals surface area (Å²) in [5.41, 5.74) is 6.10. The third kappa shape index (κ3) is 4.83. The lowest BCUT2D eigenvalue weighted by molar-refractivity contribution is -0.151. The summed E-state index contributed by atoms with van der Waals surface area (Å²) < 4.78 is 6.16. The number of halogens is 1. The molecule has 0 radical (unpaired) electrons. The Morgan fingerprint density at radius 3 is 2.33 bits per heavy atom. The number of ether oxygens (including phenoxy) is 1. The van der Waals surface area contributed by atoms with Crippen LogP contribution >= 0.6 is 12.4 Å². The normalized spacial score (nSPS) is 20.0. The number of nitrogens with zero attached hydrogens (tertiary/aromatic N) is 1. The van der Waals surface area contributed by atoms with E-state index in [0.29, 0.717) is 6.61 Å². The predicted octanol–water partition coefficient (Wildman–Crippen LogP) is 6.32. The molecule has 5 rings (SSSR count). The van der Waals surface area contributed by atoms with Crippen LogP contribution in [0, 0.1) is 5.41 Å². The van der Waals surface area contributed by atoms with Crippen molar-refractivity contribution in [3.05, 3.63) is 70.8 Å². The zero-order valence-corrected chi connectivity index (χ0v) is 20.0. The van der Waals surface area contributed by atoms with Gasteiger partial charge in [0, 0.05) is 18.7 Å². The summed E-state index contributed by atoms with van der Waals surface area (Å²) >= 11 is 0. The number of carboxylic acids is 1. The van der Waals surface area contributed by atoms with Crippen LogP contribution in [0.1, 0.15) is 68.1 Å². The van der Waals surface area contributed by atoms with Gasteiger partial charge in [-0.15, -0.1) is 12.4 Å². The summed E-state index contributed by atoms with van der Waals surface area (Å²) in [5, 5.41) is 9.91. The third-order valence-electron chi connectivity index (χ3n) is 7.81. The highest BCUT2D eigenvalue weighted by Crippen LogP contribution is 2.42. The Labute approximate surface area is 203 Å². The van der Waals surface area contributed by atoms with Crippen LogP contribution in [0.4, 0.5) is 0 Å². The summed E-state index contributed by atoms with van der Waals surface area (Å²) in [6, 6.07) is 17.0. The lowest BCUT2D eigenvalue weighted by Crippen LogP contribution is -2.39. The number of rotatable bonds is 4. The Hall–Kier alpha value is -2.30. The zero-order valence-electron chi connectivity index (χ0n) is 19.2. The van der Waals surface area contributed by atoms with Gasteiger partial charge in [-0.2, -0.15) is 0 Å². The molecule has 2 aromatic rings. The van der Waals surface area contributed by atoms with Crippen molar-refractivity contribution in [1.29, 1.82) is 0 Å². The summed E-state index contributed by atoms with van der Waals surface area (Å²) in [4.78, 5) is 14.5. The molecule has 1 N–H and O–H groups in total. The van der Waals surface area contributed by atoms with Crippen molar-refractivity contribution in [3.63, 3.8) is 0 Å². The number of hydrogen-bond acceptors (Lipinski definition) is 3. The van der Waals surface area contributed by atoms with Crippen molar-refractivity contribution in [2.45, 2.75) is 58.0 Å². The second-order valence-corrected chi connectivity index (χ2v) is 9.66. The Bertz CT molecular complexity index is 966. The quantitative estimate of drug-likeness (QED) is 0.571. The third-order valence-corrected chi connectivity index (χ3v) is 7.81. The molecule has 3 aliphatic rings. The van der Waals surface area contributed by atoms with Crippen molar-refractivity contribution >= 4 is 23.9 Å². The maximum atomic E-state index is 12.0. The molecule has 176 valence electrons. The van der Waals surface area contributed by atoms with E-state index in [1.165, 1.54) is 34.3 Å². The average Bonchev–Trinajstić information content (AvgIpc) is 3.01. The smallest absolute Gasteiger partial charge is 0.309 e. The van der Waals surface area contributed by atoms with Crippen molar-refractivity contribution < 1.29 is 14.6 Å². The fourth-order valence-corrected chi connectivity index (χ4v) is 5.84. The van der Waals surface area contributed by atoms with E-state index in [0.717, 1.165) is 70.3 Å². The van der Waals surface area contributed by atoms with Crippen molar-refractivity contribution in [2.75, 3.05) is 19.6 Å². The number of piperidine rings is 1. The highest BCUT2D eigenvalue weighted by molar-refractivity contribution is 5.87. The highest BCUT2D eigenvalue weighted by atomic mass is 35.5. The first-order chi connectivity index (χ1) is 15.7. The Balaban J connectivity index is 0.00000259. The molecule has 5 heteroatoms. The van der Waals surface area contributed by atoms with E-state index in [2.05, 4.69) is 47.4 Å². The molecule has 0 aromatic heterocycles. The van der Waals surface area contributed by atoms with E-state index >= 15 is 0 Å². The average molecular weight is 468 g/mol. The van der Waals surface area contributed by atoms with Crippen LogP contribution in [0.3, 0.4) is 0 Å². The minimum Gasteiger partial charge on any atom is -0.488 e. The molecule has 1 saturated heterocycles. The Kier molecular flexibility index (Phi) is 7.45. The van der Waals surface area contributed by atoms with Gasteiger partial charge in [0.1, 0.15) is 12.4 Å². The van der Waals surface area contributed by atoms with Crippen LogP contribution in [0.25, 0.3) is 5.57 Å². The zero-order chi connectivity index (χ0) is 22.0. The van der Waals surface area contributed by atoms with E-state index < -0.39 is 11.4 Å². The molecule has 0 bridgehead atoms. The minimum absolute atomic E-state index is 0. The molecule has 0 amide bonds. The number of para-hydroxylation sites is 1. The van der Waals surface area contributed by atoms with E-state index in [-0.39, 0.29) is 12.4 Å². The highest BCUT2D eigenvalue weighted by Gasteiger charge is 2.39. The van der Waals surface area contributed by atoms with Gasteiger partial charge >= 0.3 is 5.97 Å². The fourth-order valence-electron chi connectivity index (χ4n) is 5.84. The van der Waals surface area contributed by atoms with E-state index in [4.69, 9.17) is 4.74 Å². The molecular formula is C28H34ClNO3. The SMILES string of the molecule is Cl.O=C(O)C1(CCN2CCC(=C3c4ccccc4COc4ccccc43)CC2)CCCCC1. The topological polar surface area (TPSA) is 49.8 Å². The first-order valence-electron chi connectivity index (χ1n) is 12.1. The number of carbonyl (C=O) groups is 1. The van der Waals surface area contributed by atoms with Gasteiger partial charge in [-0.25, -0.2) is 0 Å². The van der Waals surface area contributed by atoms with Gasteiger partial charge in [-0.05, 0) is 61.4 Å². The molecule has 2 aromatic carbocycles. The molecule has 0 unspecified atom stereocenters. The fraction of sp³-hybridized carbons (Fsp3) is 0.464. The van der Waals surface area contributed by atoms with Gasteiger partial charge < -0.3 is 14.7 Å². The number of benzene rings is 2. The Morgan fingerprint density at radius 2 is 1.61 bits per heavy atom. The molecule has 1 aliphatic carbocycles. The maximum Gasteiger partial charge on any atom is 0.309 e. The van der Waals surface area contributed by atoms with Crippen LogP contribution in [-0.4, -0.2) is 35.6 Å². The summed E-state index contributed by atoms with van der Waals surface area (Å²) in [7, 11) is 0. The number of fused-ring (bicyclic) bond motifs is 2. The van der Waals surface area contributed by atoms with Crippen LogP contribution in [0.2, 0.25) is 0 Å². The first-order valence-corrected chi connectivity index (χ1v) is 12.1. The minimum atomic E-state index is -0.580. The second-order valence-electron chi connectivity index (χ2n) is 9.66. The van der Waals surface area contributed by atoms with Crippen molar-refractivity contribution in [3.8, 4) is 5.75 Å². The molecule has 4 nitrogen and oxygen atoms in total. The number of likely N-dealkylation sites (tertiary alicyclic amines) is 1. The molecule has 2 heterocycles. The van der Waals surface area contributed by atoms with Gasteiger partial charge in [0.15, 0.2) is 0 Å². The standard InChI is InChI=1S/C28H33NO3.ClH/c30-27(31)28(14-6-1-7-15-28)16-19-29-17-12-21(13-18-29)26-23-9-3-2-8-22(23)20-32-25-11-5-4-10-24(25)26;/h2-5,8-11H,1,6-7,12-20H2,(H,30,31);1H. The largest absolute Gasteiger partial charge is 0.488 e. The van der Waals surface area contributed by atoms with Crippen LogP contribution in [0.5, 0.6) is 5.75 Å². The molecule has 2 fully saturated rings. The lowest BCUT2D eigenvalue weighted by Gasteiger charge is -2.36. The number of hydrogen-bond donors (Lipinski definition) is 1. The van der Waals surface area contributed by atoms with Crippen LogP contribution in [-0.2, 0) is 11.4 Å². The van der Waals surface area contributed by atoms with E-state index in [1.807, 2.05) is 6.07 Å². The van der Waals surface area contributed by atoms with Crippen molar-refractivity contribution in [2.24, 2.45) is 5.41 Å². The molecule has 0 atom stereocenters. The molecule has 0 spiro atoms. The monoisotopic (exact) mass is 467 g/mol. The summed E-state index contributed by atoms with van der Waals surface area (Å²) in [6.45, 7) is 3.50. The van der Waals surface area contributed by atoms with Gasteiger partial charge in [0.05, 0.1) is 5.41 Å². The molecule has 33 heavy (non-hydrogen) atoms. The predicted molar refractivity (Wildman–Crippen MR) is 134 cm³/mol. The Morgan fingerprint density at radius 1 is 0.939 bits per heavy atom. The van der Waals surface area contributed by atoms with Gasteiger partial charge in [-0.1, -0.05) is 67.3 Å². The maximum absolute atomic E-state index is 12.0.